The van der Waals surface area contributed by atoms with Gasteiger partial charge in [0, 0.05) is 21.7 Å². The summed E-state index contributed by atoms with van der Waals surface area (Å²) in [6.45, 7) is 3.91. The zero-order chi connectivity index (χ0) is 23.1. The van der Waals surface area contributed by atoms with Crippen molar-refractivity contribution in [3.63, 3.8) is 0 Å². The van der Waals surface area contributed by atoms with Crippen molar-refractivity contribution in [2.24, 2.45) is 0 Å². The fourth-order valence-corrected chi connectivity index (χ4v) is 3.62. The topological polar surface area (TPSA) is 104 Å². The van der Waals surface area contributed by atoms with E-state index in [1.807, 2.05) is 0 Å². The number of hydrogen-bond donors (Lipinski definition) is 1. The van der Waals surface area contributed by atoms with E-state index in [4.69, 9.17) is 18.6 Å². The number of aromatic nitrogens is 2. The molecule has 0 saturated carbocycles. The molecule has 0 aliphatic heterocycles. The first-order valence-electron chi connectivity index (χ1n) is 9.16. The van der Waals surface area contributed by atoms with Crippen LogP contribution in [0.15, 0.2) is 68.1 Å². The first-order valence-corrected chi connectivity index (χ1v) is 10.8. The maximum atomic E-state index is 11.9. The summed E-state index contributed by atoms with van der Waals surface area (Å²) in [6.07, 6.45) is 3.09. The summed E-state index contributed by atoms with van der Waals surface area (Å²) < 4.78 is 22.6. The minimum atomic E-state index is -1.15. The standard InChI is InChI=1S/C22H19BrN2O6S/c1-4-7-30-18-6-5-15(23)8-13(18)11-19(21(26)27)32-22-25-24-20(31-22)14-9-16(28-2)12-17(10-14)29-3/h4-6,8-12H,1,7H2,2-3H3,(H,26,27)/b19-11-. The number of thioether (sulfide) groups is 1. The quantitative estimate of drug-likeness (QED) is 0.217. The third-order valence-corrected chi connectivity index (χ3v) is 5.37. The van der Waals surface area contributed by atoms with Crippen LogP contribution < -0.4 is 14.2 Å². The van der Waals surface area contributed by atoms with Crippen molar-refractivity contribution >= 4 is 39.7 Å². The van der Waals surface area contributed by atoms with Gasteiger partial charge in [0.1, 0.15) is 28.8 Å². The first kappa shape index (κ1) is 23.4. The predicted octanol–water partition coefficient (Wildman–Crippen LogP) is 5.30. The van der Waals surface area contributed by atoms with Gasteiger partial charge >= 0.3 is 5.97 Å². The molecule has 0 fully saturated rings. The van der Waals surface area contributed by atoms with Crippen LogP contribution in [0.1, 0.15) is 5.56 Å². The maximum absolute atomic E-state index is 11.9. The molecule has 166 valence electrons. The molecule has 1 aromatic heterocycles. The molecule has 0 saturated heterocycles. The van der Waals surface area contributed by atoms with Gasteiger partial charge in [0.25, 0.3) is 5.22 Å². The molecule has 0 bridgehead atoms. The van der Waals surface area contributed by atoms with Gasteiger partial charge in [-0.1, -0.05) is 28.6 Å². The minimum Gasteiger partial charge on any atom is -0.497 e. The van der Waals surface area contributed by atoms with Gasteiger partial charge in [-0.25, -0.2) is 4.79 Å². The smallest absolute Gasteiger partial charge is 0.342 e. The molecule has 10 heteroatoms. The number of ether oxygens (including phenoxy) is 3. The maximum Gasteiger partial charge on any atom is 0.342 e. The van der Waals surface area contributed by atoms with Gasteiger partial charge in [0.2, 0.25) is 5.89 Å². The zero-order valence-electron chi connectivity index (χ0n) is 17.2. The molecule has 0 aliphatic carbocycles. The van der Waals surface area contributed by atoms with E-state index in [0.29, 0.717) is 28.4 Å². The summed E-state index contributed by atoms with van der Waals surface area (Å²) in [5, 5.41) is 17.8. The highest BCUT2D eigenvalue weighted by Gasteiger charge is 2.18. The monoisotopic (exact) mass is 518 g/mol. The largest absolute Gasteiger partial charge is 0.497 e. The Morgan fingerprint density at radius 3 is 2.53 bits per heavy atom. The van der Waals surface area contributed by atoms with Gasteiger partial charge in [-0.05, 0) is 48.2 Å². The van der Waals surface area contributed by atoms with Crippen LogP contribution in [0.4, 0.5) is 0 Å². The van der Waals surface area contributed by atoms with Crippen LogP contribution in [0, 0.1) is 0 Å². The minimum absolute atomic E-state index is 0.0232. The number of aliphatic carboxylic acids is 1. The molecule has 8 nitrogen and oxygen atoms in total. The lowest BCUT2D eigenvalue weighted by molar-refractivity contribution is -0.131. The Balaban J connectivity index is 1.91. The molecule has 3 aromatic rings. The average Bonchev–Trinajstić information content (AvgIpc) is 3.26. The Bertz CT molecular complexity index is 1140. The number of rotatable bonds is 10. The van der Waals surface area contributed by atoms with Crippen molar-refractivity contribution in [3.05, 3.63) is 64.0 Å². The number of carboxylic acids is 1. The van der Waals surface area contributed by atoms with Crippen molar-refractivity contribution in [1.82, 2.24) is 10.2 Å². The molecular weight excluding hydrogens is 500 g/mol. The molecule has 32 heavy (non-hydrogen) atoms. The van der Waals surface area contributed by atoms with E-state index in [-0.39, 0.29) is 22.6 Å². The van der Waals surface area contributed by atoms with Gasteiger partial charge in [0.05, 0.1) is 14.2 Å². The summed E-state index contributed by atoms with van der Waals surface area (Å²) in [4.78, 5) is 11.9. The highest BCUT2D eigenvalue weighted by molar-refractivity contribution is 9.10. The highest BCUT2D eigenvalue weighted by Crippen LogP contribution is 2.34. The third kappa shape index (κ3) is 5.92. The van der Waals surface area contributed by atoms with Gasteiger partial charge < -0.3 is 23.7 Å². The average molecular weight is 519 g/mol. The normalized spacial score (nSPS) is 11.2. The van der Waals surface area contributed by atoms with Gasteiger partial charge in [-0.15, -0.1) is 10.2 Å². The van der Waals surface area contributed by atoms with E-state index < -0.39 is 5.97 Å². The van der Waals surface area contributed by atoms with E-state index in [9.17, 15) is 9.90 Å². The molecule has 0 aliphatic rings. The van der Waals surface area contributed by atoms with Gasteiger partial charge in [0.15, 0.2) is 0 Å². The van der Waals surface area contributed by atoms with Crippen LogP contribution in [-0.2, 0) is 4.79 Å². The highest BCUT2D eigenvalue weighted by atomic mass is 79.9. The Morgan fingerprint density at radius 1 is 1.19 bits per heavy atom. The van der Waals surface area contributed by atoms with E-state index in [1.54, 1.807) is 42.5 Å². The number of benzene rings is 2. The SMILES string of the molecule is C=CCOc1ccc(Br)cc1/C=C(\Sc1nnc(-c2cc(OC)cc(OC)c2)o1)C(=O)O. The summed E-state index contributed by atoms with van der Waals surface area (Å²) in [7, 11) is 3.07. The van der Waals surface area contributed by atoms with Crippen molar-refractivity contribution < 1.29 is 28.5 Å². The lowest BCUT2D eigenvalue weighted by Crippen LogP contribution is -1.99. The van der Waals surface area contributed by atoms with Gasteiger partial charge in [-0.2, -0.15) is 0 Å². The van der Waals surface area contributed by atoms with Crippen LogP contribution in [0.3, 0.4) is 0 Å². The number of hydrogen-bond acceptors (Lipinski definition) is 8. The molecule has 2 aromatic carbocycles. The number of halogens is 1. The summed E-state index contributed by atoms with van der Waals surface area (Å²) in [6, 6.07) is 10.4. The van der Waals surface area contributed by atoms with Crippen molar-refractivity contribution in [2.45, 2.75) is 5.22 Å². The van der Waals surface area contributed by atoms with Crippen LogP contribution in [0.2, 0.25) is 0 Å². The van der Waals surface area contributed by atoms with Crippen LogP contribution in [0.25, 0.3) is 17.5 Å². The second-order valence-electron chi connectivity index (χ2n) is 6.17. The lowest BCUT2D eigenvalue weighted by Gasteiger charge is -2.08. The molecule has 0 atom stereocenters. The van der Waals surface area contributed by atoms with Crippen LogP contribution in [-0.4, -0.2) is 42.1 Å². The molecule has 0 spiro atoms. The lowest BCUT2D eigenvalue weighted by atomic mass is 10.2. The summed E-state index contributed by atoms with van der Waals surface area (Å²) in [5.74, 6) is 0.681. The molecule has 3 rings (SSSR count). The summed E-state index contributed by atoms with van der Waals surface area (Å²) >= 11 is 4.22. The van der Waals surface area contributed by atoms with Crippen molar-refractivity contribution in [1.29, 1.82) is 0 Å². The molecular formula is C22H19BrN2O6S. The first-order chi connectivity index (χ1) is 15.4. The van der Waals surface area contributed by atoms with E-state index in [1.165, 1.54) is 20.3 Å². The molecule has 1 heterocycles. The summed E-state index contributed by atoms with van der Waals surface area (Å²) in [5.41, 5.74) is 1.15. The van der Waals surface area contributed by atoms with Crippen LogP contribution >= 0.6 is 27.7 Å². The molecule has 0 unspecified atom stereocenters. The third-order valence-electron chi connectivity index (χ3n) is 4.03. The Hall–Kier alpha value is -3.24. The van der Waals surface area contributed by atoms with Crippen molar-refractivity contribution in [2.75, 3.05) is 20.8 Å². The zero-order valence-corrected chi connectivity index (χ0v) is 19.6. The van der Waals surface area contributed by atoms with Gasteiger partial charge in [-0.3, -0.25) is 0 Å². The number of carboxylic acid groups (broad SMARTS) is 1. The number of carbonyl (C=O) groups is 1. The second-order valence-corrected chi connectivity index (χ2v) is 8.08. The van der Waals surface area contributed by atoms with E-state index in [0.717, 1.165) is 16.2 Å². The fourth-order valence-electron chi connectivity index (χ4n) is 2.58. The van der Waals surface area contributed by atoms with Crippen molar-refractivity contribution in [3.8, 4) is 28.7 Å². The Labute approximate surface area is 197 Å². The van der Waals surface area contributed by atoms with E-state index >= 15 is 0 Å². The molecule has 1 N–H and O–H groups in total. The number of nitrogens with zero attached hydrogens (tertiary/aromatic N) is 2. The second kappa shape index (κ2) is 10.9. The molecule has 0 amide bonds. The van der Waals surface area contributed by atoms with Crippen LogP contribution in [0.5, 0.6) is 17.2 Å². The Kier molecular flexibility index (Phi) is 7.96. The molecule has 0 radical (unpaired) electrons. The fraction of sp³-hybridized carbons (Fsp3) is 0.136. The van der Waals surface area contributed by atoms with E-state index in [2.05, 4.69) is 32.7 Å². The number of methoxy groups -OCH3 is 2. The predicted molar refractivity (Wildman–Crippen MR) is 124 cm³/mol. The Morgan fingerprint density at radius 2 is 1.91 bits per heavy atom.